The van der Waals surface area contributed by atoms with Gasteiger partial charge in [0.1, 0.15) is 5.69 Å². The lowest BCUT2D eigenvalue weighted by atomic mass is 10.1. The molecule has 6 heteroatoms. The summed E-state index contributed by atoms with van der Waals surface area (Å²) in [7, 11) is 0. The molecule has 1 heterocycles. The highest BCUT2D eigenvalue weighted by molar-refractivity contribution is 5.86. The third kappa shape index (κ3) is 3.72. The first kappa shape index (κ1) is 12.2. The Morgan fingerprint density at radius 1 is 1.38 bits per heavy atom. The molecule has 88 valence electrons. The van der Waals surface area contributed by atoms with Gasteiger partial charge in [0.2, 0.25) is 0 Å². The summed E-state index contributed by atoms with van der Waals surface area (Å²) in [4.78, 5) is 37.3. The zero-order valence-electron chi connectivity index (χ0n) is 9.20. The molecule has 0 spiro atoms. The summed E-state index contributed by atoms with van der Waals surface area (Å²) in [5, 5.41) is 0. The maximum atomic E-state index is 11.4. The van der Waals surface area contributed by atoms with E-state index < -0.39 is 17.2 Å². The molecule has 0 amide bonds. The standard InChI is InChI=1S/C10H14N2O4/c1-6(2)3-4-16-9(14)7-5-8(13)12-10(15)11-7/h5-6H,3-4H2,1-2H3,(H2,11,12,13,15). The third-order valence-electron chi connectivity index (χ3n) is 1.91. The molecule has 0 fully saturated rings. The number of esters is 1. The molecule has 0 saturated heterocycles. The lowest BCUT2D eigenvalue weighted by Crippen LogP contribution is -2.25. The van der Waals surface area contributed by atoms with E-state index in [-0.39, 0.29) is 12.3 Å². The van der Waals surface area contributed by atoms with Crippen LogP contribution in [0.25, 0.3) is 0 Å². The molecule has 2 N–H and O–H groups in total. The minimum atomic E-state index is -0.719. The maximum absolute atomic E-state index is 11.4. The number of hydrogen-bond donors (Lipinski definition) is 2. The topological polar surface area (TPSA) is 92.0 Å². The van der Waals surface area contributed by atoms with Crippen LogP contribution in [0.5, 0.6) is 0 Å². The van der Waals surface area contributed by atoms with Crippen molar-refractivity contribution < 1.29 is 9.53 Å². The van der Waals surface area contributed by atoms with Crippen LogP contribution in [0.1, 0.15) is 30.8 Å². The highest BCUT2D eigenvalue weighted by Crippen LogP contribution is 2.00. The van der Waals surface area contributed by atoms with Gasteiger partial charge in [-0.25, -0.2) is 9.59 Å². The summed E-state index contributed by atoms with van der Waals surface area (Å²) in [6.07, 6.45) is 0.735. The Kier molecular flexibility index (Phi) is 4.04. The van der Waals surface area contributed by atoms with E-state index in [4.69, 9.17) is 4.74 Å². The highest BCUT2D eigenvalue weighted by Gasteiger charge is 2.09. The predicted octanol–water partition coefficient (Wildman–Crippen LogP) is 0.266. The van der Waals surface area contributed by atoms with E-state index in [0.717, 1.165) is 12.5 Å². The fraction of sp³-hybridized carbons (Fsp3) is 0.500. The first-order valence-electron chi connectivity index (χ1n) is 5.00. The zero-order chi connectivity index (χ0) is 12.1. The number of hydrogen-bond acceptors (Lipinski definition) is 4. The Hall–Kier alpha value is -1.85. The lowest BCUT2D eigenvalue weighted by molar-refractivity contribution is 0.0480. The Bertz CT molecular complexity index is 444. The van der Waals surface area contributed by atoms with Crippen LogP contribution in [-0.2, 0) is 4.74 Å². The molecule has 0 unspecified atom stereocenters. The van der Waals surface area contributed by atoms with E-state index in [2.05, 4.69) is 4.98 Å². The summed E-state index contributed by atoms with van der Waals surface area (Å²) in [6.45, 7) is 4.27. The van der Waals surface area contributed by atoms with Crippen molar-refractivity contribution in [2.24, 2.45) is 5.92 Å². The Morgan fingerprint density at radius 3 is 2.62 bits per heavy atom. The van der Waals surface area contributed by atoms with Gasteiger partial charge in [-0.05, 0) is 12.3 Å². The van der Waals surface area contributed by atoms with Gasteiger partial charge in [0, 0.05) is 6.07 Å². The van der Waals surface area contributed by atoms with E-state index in [1.807, 2.05) is 18.8 Å². The molecule has 0 atom stereocenters. The van der Waals surface area contributed by atoms with Crippen LogP contribution < -0.4 is 11.2 Å². The number of aromatic amines is 2. The van der Waals surface area contributed by atoms with Gasteiger partial charge in [-0.1, -0.05) is 13.8 Å². The average molecular weight is 226 g/mol. The number of carbonyl (C=O) groups excluding carboxylic acids is 1. The summed E-state index contributed by atoms with van der Waals surface area (Å²) >= 11 is 0. The summed E-state index contributed by atoms with van der Waals surface area (Å²) < 4.78 is 4.89. The van der Waals surface area contributed by atoms with Gasteiger partial charge in [-0.15, -0.1) is 0 Å². The summed E-state index contributed by atoms with van der Waals surface area (Å²) in [6, 6.07) is 0.999. The van der Waals surface area contributed by atoms with E-state index in [9.17, 15) is 14.4 Å². The van der Waals surface area contributed by atoms with Crippen LogP contribution in [0, 0.1) is 5.92 Å². The maximum Gasteiger partial charge on any atom is 0.355 e. The number of rotatable bonds is 4. The van der Waals surface area contributed by atoms with Crippen molar-refractivity contribution in [3.63, 3.8) is 0 Å². The molecule has 0 aliphatic heterocycles. The molecule has 1 rings (SSSR count). The van der Waals surface area contributed by atoms with E-state index in [1.54, 1.807) is 0 Å². The molecule has 0 aliphatic rings. The van der Waals surface area contributed by atoms with Gasteiger partial charge in [0.25, 0.3) is 5.56 Å². The lowest BCUT2D eigenvalue weighted by Gasteiger charge is -2.05. The van der Waals surface area contributed by atoms with Gasteiger partial charge in [0.15, 0.2) is 0 Å². The van der Waals surface area contributed by atoms with Gasteiger partial charge >= 0.3 is 11.7 Å². The Morgan fingerprint density at radius 2 is 2.06 bits per heavy atom. The number of H-pyrrole nitrogens is 2. The normalized spacial score (nSPS) is 10.4. The molecule has 1 aromatic rings. The molecule has 16 heavy (non-hydrogen) atoms. The number of nitrogens with one attached hydrogen (secondary N) is 2. The van der Waals surface area contributed by atoms with Crippen molar-refractivity contribution in [3.8, 4) is 0 Å². The minimum absolute atomic E-state index is 0.127. The molecule has 0 aliphatic carbocycles. The molecule has 0 bridgehead atoms. The van der Waals surface area contributed by atoms with Crippen molar-refractivity contribution in [1.82, 2.24) is 9.97 Å². The Labute approximate surface area is 91.7 Å². The second-order valence-corrected chi connectivity index (χ2v) is 3.82. The molecule has 6 nitrogen and oxygen atoms in total. The van der Waals surface area contributed by atoms with Crippen LogP contribution in [0.15, 0.2) is 15.7 Å². The quantitative estimate of drug-likeness (QED) is 0.720. The van der Waals surface area contributed by atoms with E-state index in [1.165, 1.54) is 0 Å². The van der Waals surface area contributed by atoms with Gasteiger partial charge in [0.05, 0.1) is 6.61 Å². The van der Waals surface area contributed by atoms with Crippen LogP contribution >= 0.6 is 0 Å². The molecule has 0 radical (unpaired) electrons. The first-order valence-corrected chi connectivity index (χ1v) is 5.00. The second-order valence-electron chi connectivity index (χ2n) is 3.82. The van der Waals surface area contributed by atoms with Crippen molar-refractivity contribution in [2.75, 3.05) is 6.61 Å². The third-order valence-corrected chi connectivity index (χ3v) is 1.91. The molecular formula is C10H14N2O4. The summed E-state index contributed by atoms with van der Waals surface area (Å²) in [5.74, 6) is -0.269. The SMILES string of the molecule is CC(C)CCOC(=O)c1cc(=O)[nH]c(=O)[nH]1. The number of aromatic nitrogens is 2. The average Bonchev–Trinajstić information content (AvgIpc) is 2.15. The number of ether oxygens (including phenoxy) is 1. The first-order chi connectivity index (χ1) is 7.49. The van der Waals surface area contributed by atoms with Crippen LogP contribution in [-0.4, -0.2) is 22.5 Å². The molecular weight excluding hydrogens is 212 g/mol. The molecule has 0 aromatic carbocycles. The largest absolute Gasteiger partial charge is 0.461 e. The second kappa shape index (κ2) is 5.29. The van der Waals surface area contributed by atoms with Gasteiger partial charge in [-0.3, -0.25) is 9.78 Å². The van der Waals surface area contributed by atoms with Crippen molar-refractivity contribution in [3.05, 3.63) is 32.6 Å². The Balaban J connectivity index is 2.66. The predicted molar refractivity (Wildman–Crippen MR) is 57.4 cm³/mol. The van der Waals surface area contributed by atoms with Crippen molar-refractivity contribution >= 4 is 5.97 Å². The van der Waals surface area contributed by atoms with Gasteiger partial charge in [-0.2, -0.15) is 0 Å². The summed E-state index contributed by atoms with van der Waals surface area (Å²) in [5.41, 5.74) is -1.47. The van der Waals surface area contributed by atoms with Crippen LogP contribution in [0.2, 0.25) is 0 Å². The smallest absolute Gasteiger partial charge is 0.355 e. The fourth-order valence-electron chi connectivity index (χ4n) is 1.04. The number of carbonyl (C=O) groups is 1. The molecule has 0 saturated carbocycles. The van der Waals surface area contributed by atoms with Crippen LogP contribution in [0.4, 0.5) is 0 Å². The monoisotopic (exact) mass is 226 g/mol. The van der Waals surface area contributed by atoms with E-state index in [0.29, 0.717) is 5.92 Å². The van der Waals surface area contributed by atoms with Crippen LogP contribution in [0.3, 0.4) is 0 Å². The highest BCUT2D eigenvalue weighted by atomic mass is 16.5. The minimum Gasteiger partial charge on any atom is -0.461 e. The van der Waals surface area contributed by atoms with Crippen molar-refractivity contribution in [2.45, 2.75) is 20.3 Å². The fourth-order valence-corrected chi connectivity index (χ4v) is 1.04. The molecule has 1 aromatic heterocycles. The van der Waals surface area contributed by atoms with E-state index >= 15 is 0 Å². The zero-order valence-corrected chi connectivity index (χ0v) is 9.20. The van der Waals surface area contributed by atoms with Gasteiger partial charge < -0.3 is 9.72 Å². The van der Waals surface area contributed by atoms with Crippen molar-refractivity contribution in [1.29, 1.82) is 0 Å².